The molecule has 0 saturated carbocycles. The third-order valence-corrected chi connectivity index (χ3v) is 4.64. The summed E-state index contributed by atoms with van der Waals surface area (Å²) < 4.78 is 0. The second-order valence-corrected chi connectivity index (χ2v) is 9.00. The zero-order chi connectivity index (χ0) is 19.5. The molecule has 3 nitrogen and oxygen atoms in total. The van der Waals surface area contributed by atoms with Crippen LogP contribution in [-0.4, -0.2) is 5.91 Å². The lowest BCUT2D eigenvalue weighted by Crippen LogP contribution is -2.25. The molecule has 0 unspecified atom stereocenters. The molecule has 3 heteroatoms. The Morgan fingerprint density at radius 2 is 1.31 bits per heavy atom. The molecule has 0 radical (unpaired) electrons. The molecule has 1 amide bonds. The van der Waals surface area contributed by atoms with Crippen LogP contribution in [0.2, 0.25) is 0 Å². The van der Waals surface area contributed by atoms with Crippen molar-refractivity contribution in [2.24, 2.45) is 5.73 Å². The average Bonchev–Trinajstić information content (AvgIpc) is 2.58. The summed E-state index contributed by atoms with van der Waals surface area (Å²) in [6.45, 7) is 14.1. The number of rotatable bonds is 4. The first-order valence-corrected chi connectivity index (χ1v) is 9.23. The molecular formula is C23H32N2O. The Labute approximate surface area is 158 Å². The standard InChI is InChI=1S/C23H32N2O/c1-22(2,3)19-11-18(12-20(13-19)23(4,5)6)21(26)25-15-17-9-7-16(14-24)8-10-17/h7-13H,14-15,24H2,1-6H3,(H,25,26). The molecule has 0 aliphatic carbocycles. The van der Waals surface area contributed by atoms with Crippen LogP contribution in [0.3, 0.4) is 0 Å². The van der Waals surface area contributed by atoms with Crippen LogP contribution in [0.25, 0.3) is 0 Å². The minimum atomic E-state index is -0.0375. The molecule has 2 rings (SSSR count). The number of hydrogen-bond donors (Lipinski definition) is 2. The molecule has 2 aromatic carbocycles. The van der Waals surface area contributed by atoms with Crippen molar-refractivity contribution in [3.63, 3.8) is 0 Å². The van der Waals surface area contributed by atoms with Gasteiger partial charge in [0, 0.05) is 18.7 Å². The minimum absolute atomic E-state index is 0.00561. The van der Waals surface area contributed by atoms with E-state index < -0.39 is 0 Å². The summed E-state index contributed by atoms with van der Waals surface area (Å²) in [6.07, 6.45) is 0. The highest BCUT2D eigenvalue weighted by Crippen LogP contribution is 2.30. The molecule has 0 heterocycles. The van der Waals surface area contributed by atoms with Crippen molar-refractivity contribution in [2.45, 2.75) is 65.5 Å². The van der Waals surface area contributed by atoms with Crippen molar-refractivity contribution in [1.82, 2.24) is 5.32 Å². The third kappa shape index (κ3) is 5.18. The summed E-state index contributed by atoms with van der Waals surface area (Å²) in [5, 5.41) is 3.04. The number of amides is 1. The van der Waals surface area contributed by atoms with Crippen molar-refractivity contribution in [3.8, 4) is 0 Å². The van der Waals surface area contributed by atoms with Crippen LogP contribution in [0.4, 0.5) is 0 Å². The second kappa shape index (κ2) is 7.63. The maximum Gasteiger partial charge on any atom is 0.251 e. The van der Waals surface area contributed by atoms with E-state index in [1.54, 1.807) is 0 Å². The highest BCUT2D eigenvalue weighted by atomic mass is 16.1. The van der Waals surface area contributed by atoms with Crippen molar-refractivity contribution in [1.29, 1.82) is 0 Å². The zero-order valence-electron chi connectivity index (χ0n) is 16.9. The Bertz CT molecular complexity index is 730. The number of carbonyl (C=O) groups excluding carboxylic acids is 1. The van der Waals surface area contributed by atoms with Gasteiger partial charge in [0.25, 0.3) is 5.91 Å². The van der Waals surface area contributed by atoms with Gasteiger partial charge >= 0.3 is 0 Å². The van der Waals surface area contributed by atoms with Crippen LogP contribution < -0.4 is 11.1 Å². The van der Waals surface area contributed by atoms with E-state index in [4.69, 9.17) is 5.73 Å². The van der Waals surface area contributed by atoms with Gasteiger partial charge in [-0.1, -0.05) is 71.9 Å². The number of carbonyl (C=O) groups is 1. The molecule has 0 bridgehead atoms. The molecule has 0 aliphatic heterocycles. The van der Waals surface area contributed by atoms with Gasteiger partial charge in [-0.05, 0) is 45.2 Å². The normalized spacial score (nSPS) is 12.1. The Balaban J connectivity index is 2.23. The molecule has 0 aromatic heterocycles. The molecule has 0 saturated heterocycles. The van der Waals surface area contributed by atoms with Crippen LogP contribution in [0.5, 0.6) is 0 Å². The summed E-state index contributed by atoms with van der Waals surface area (Å²) in [5.74, 6) is -0.0375. The molecule has 0 fully saturated rings. The fraction of sp³-hybridized carbons (Fsp3) is 0.435. The van der Waals surface area contributed by atoms with Gasteiger partial charge < -0.3 is 11.1 Å². The molecule has 3 N–H and O–H groups in total. The van der Waals surface area contributed by atoms with Gasteiger partial charge in [0.1, 0.15) is 0 Å². The van der Waals surface area contributed by atoms with Gasteiger partial charge in [0.15, 0.2) is 0 Å². The molecule has 0 spiro atoms. The quantitative estimate of drug-likeness (QED) is 0.840. The summed E-state index contributed by atoms with van der Waals surface area (Å²) >= 11 is 0. The van der Waals surface area contributed by atoms with Crippen molar-refractivity contribution in [3.05, 3.63) is 70.3 Å². The molecule has 0 aliphatic rings. The van der Waals surface area contributed by atoms with Crippen LogP contribution >= 0.6 is 0 Å². The molecule has 2 aromatic rings. The molecule has 0 atom stereocenters. The first-order chi connectivity index (χ1) is 12.0. The topological polar surface area (TPSA) is 55.1 Å². The van der Waals surface area contributed by atoms with Crippen LogP contribution in [-0.2, 0) is 23.9 Å². The maximum absolute atomic E-state index is 12.8. The van der Waals surface area contributed by atoms with E-state index in [-0.39, 0.29) is 16.7 Å². The van der Waals surface area contributed by atoms with Crippen molar-refractivity contribution < 1.29 is 4.79 Å². The fourth-order valence-corrected chi connectivity index (χ4v) is 2.70. The lowest BCUT2D eigenvalue weighted by Gasteiger charge is -2.26. The van der Waals surface area contributed by atoms with Crippen LogP contribution in [0, 0.1) is 0 Å². The monoisotopic (exact) mass is 352 g/mol. The Kier molecular flexibility index (Phi) is 5.92. The van der Waals surface area contributed by atoms with Gasteiger partial charge in [-0.25, -0.2) is 0 Å². The van der Waals surface area contributed by atoms with Gasteiger partial charge in [-0.2, -0.15) is 0 Å². The zero-order valence-corrected chi connectivity index (χ0v) is 16.9. The van der Waals surface area contributed by atoms with E-state index in [1.165, 1.54) is 11.1 Å². The molecular weight excluding hydrogens is 320 g/mol. The minimum Gasteiger partial charge on any atom is -0.348 e. The van der Waals surface area contributed by atoms with E-state index in [0.29, 0.717) is 13.1 Å². The highest BCUT2D eigenvalue weighted by molar-refractivity contribution is 5.94. The number of hydrogen-bond acceptors (Lipinski definition) is 2. The first kappa shape index (κ1) is 20.2. The molecule has 140 valence electrons. The van der Waals surface area contributed by atoms with Crippen molar-refractivity contribution in [2.75, 3.05) is 0 Å². The van der Waals surface area contributed by atoms with Crippen molar-refractivity contribution >= 4 is 5.91 Å². The predicted molar refractivity (Wildman–Crippen MR) is 109 cm³/mol. The summed E-state index contributed by atoms with van der Waals surface area (Å²) in [7, 11) is 0. The Morgan fingerprint density at radius 1 is 0.846 bits per heavy atom. The Hall–Kier alpha value is -2.13. The van der Waals surface area contributed by atoms with E-state index in [0.717, 1.165) is 16.7 Å². The fourth-order valence-electron chi connectivity index (χ4n) is 2.70. The second-order valence-electron chi connectivity index (χ2n) is 9.00. The maximum atomic E-state index is 12.8. The SMILES string of the molecule is CC(C)(C)c1cc(C(=O)NCc2ccc(CN)cc2)cc(C(C)(C)C)c1. The summed E-state index contributed by atoms with van der Waals surface area (Å²) in [6, 6.07) is 14.3. The Morgan fingerprint density at radius 3 is 1.73 bits per heavy atom. The van der Waals surface area contributed by atoms with E-state index in [1.807, 2.05) is 36.4 Å². The highest BCUT2D eigenvalue weighted by Gasteiger charge is 2.22. The van der Waals surface area contributed by atoms with Crippen LogP contribution in [0.1, 0.15) is 74.2 Å². The smallest absolute Gasteiger partial charge is 0.251 e. The summed E-state index contributed by atoms with van der Waals surface area (Å²) in [4.78, 5) is 12.8. The largest absolute Gasteiger partial charge is 0.348 e. The van der Waals surface area contributed by atoms with E-state index in [9.17, 15) is 4.79 Å². The van der Waals surface area contributed by atoms with Crippen LogP contribution in [0.15, 0.2) is 42.5 Å². The lowest BCUT2D eigenvalue weighted by molar-refractivity contribution is 0.0950. The number of nitrogens with two attached hydrogens (primary N) is 1. The van der Waals surface area contributed by atoms with Gasteiger partial charge in [-0.3, -0.25) is 4.79 Å². The van der Waals surface area contributed by atoms with E-state index >= 15 is 0 Å². The number of benzene rings is 2. The number of nitrogens with one attached hydrogen (secondary N) is 1. The molecule has 26 heavy (non-hydrogen) atoms. The first-order valence-electron chi connectivity index (χ1n) is 9.23. The summed E-state index contributed by atoms with van der Waals surface area (Å²) in [5.41, 5.74) is 10.9. The van der Waals surface area contributed by atoms with Gasteiger partial charge in [0.2, 0.25) is 0 Å². The van der Waals surface area contributed by atoms with Gasteiger partial charge in [-0.15, -0.1) is 0 Å². The lowest BCUT2D eigenvalue weighted by atomic mass is 9.79. The van der Waals surface area contributed by atoms with Gasteiger partial charge in [0.05, 0.1) is 0 Å². The average molecular weight is 353 g/mol. The predicted octanol–water partition coefficient (Wildman–Crippen LogP) is 4.67. The third-order valence-electron chi connectivity index (χ3n) is 4.64. The van der Waals surface area contributed by atoms with E-state index in [2.05, 4.69) is 52.9 Å².